The SMILES string of the molecule is COC(c1nc(C)c(Br)c(Cl)n1)C1CC1. The van der Waals surface area contributed by atoms with Crippen LogP contribution < -0.4 is 0 Å². The van der Waals surface area contributed by atoms with Crippen LogP contribution in [0.2, 0.25) is 5.15 Å². The first-order chi connectivity index (χ1) is 7.13. The van der Waals surface area contributed by atoms with Crippen molar-refractivity contribution in [2.45, 2.75) is 25.9 Å². The van der Waals surface area contributed by atoms with Gasteiger partial charge in [0.1, 0.15) is 11.3 Å². The van der Waals surface area contributed by atoms with Crippen LogP contribution >= 0.6 is 27.5 Å². The van der Waals surface area contributed by atoms with Crippen LogP contribution in [-0.2, 0) is 4.74 Å². The molecule has 0 N–H and O–H groups in total. The van der Waals surface area contributed by atoms with E-state index >= 15 is 0 Å². The Hall–Kier alpha value is -0.190. The topological polar surface area (TPSA) is 35.0 Å². The molecule has 1 aromatic heterocycles. The van der Waals surface area contributed by atoms with E-state index in [9.17, 15) is 0 Å². The summed E-state index contributed by atoms with van der Waals surface area (Å²) in [6, 6.07) is 0. The van der Waals surface area contributed by atoms with Crippen LogP contribution in [0.5, 0.6) is 0 Å². The quantitative estimate of drug-likeness (QED) is 0.802. The van der Waals surface area contributed by atoms with E-state index in [1.807, 2.05) is 6.92 Å². The number of hydrogen-bond donors (Lipinski definition) is 0. The minimum absolute atomic E-state index is 0.00528. The third-order valence-electron chi connectivity index (χ3n) is 2.55. The number of aromatic nitrogens is 2. The van der Waals surface area contributed by atoms with Crippen molar-refractivity contribution in [3.8, 4) is 0 Å². The summed E-state index contributed by atoms with van der Waals surface area (Å²) in [5, 5.41) is 0.459. The van der Waals surface area contributed by atoms with Gasteiger partial charge < -0.3 is 4.74 Å². The molecule has 5 heteroatoms. The molecule has 0 spiro atoms. The van der Waals surface area contributed by atoms with Gasteiger partial charge in [0.15, 0.2) is 5.82 Å². The molecule has 1 unspecified atom stereocenters. The number of ether oxygens (including phenoxy) is 1. The predicted octanol–water partition coefficient (Wildman–Crippen LogP) is 3.30. The van der Waals surface area contributed by atoms with E-state index in [0.29, 0.717) is 16.9 Å². The van der Waals surface area contributed by atoms with Crippen molar-refractivity contribution in [1.82, 2.24) is 9.97 Å². The van der Waals surface area contributed by atoms with Gasteiger partial charge >= 0.3 is 0 Å². The van der Waals surface area contributed by atoms with Crippen molar-refractivity contribution in [3.05, 3.63) is 21.1 Å². The second-order valence-corrected chi connectivity index (χ2v) is 4.92. The van der Waals surface area contributed by atoms with E-state index in [0.717, 1.165) is 10.2 Å². The molecule has 0 aromatic carbocycles. The zero-order chi connectivity index (χ0) is 11.0. The number of hydrogen-bond acceptors (Lipinski definition) is 3. The number of halogens is 2. The zero-order valence-corrected chi connectivity index (χ0v) is 11.0. The summed E-state index contributed by atoms with van der Waals surface area (Å²) in [5.41, 5.74) is 0.854. The standard InChI is InChI=1S/C10H12BrClN2O/c1-5-7(11)9(12)14-10(13-5)8(15-2)6-3-4-6/h6,8H,3-4H2,1-2H3. The van der Waals surface area contributed by atoms with E-state index in [2.05, 4.69) is 25.9 Å². The molecule has 0 radical (unpaired) electrons. The normalized spacial score (nSPS) is 17.9. The maximum atomic E-state index is 5.99. The van der Waals surface area contributed by atoms with Gasteiger partial charge in [0.2, 0.25) is 0 Å². The average molecular weight is 292 g/mol. The fourth-order valence-corrected chi connectivity index (χ4v) is 1.98. The van der Waals surface area contributed by atoms with Gasteiger partial charge in [-0.3, -0.25) is 0 Å². The average Bonchev–Trinajstić information content (AvgIpc) is 2.99. The fourth-order valence-electron chi connectivity index (χ4n) is 1.58. The van der Waals surface area contributed by atoms with Crippen LogP contribution in [-0.4, -0.2) is 17.1 Å². The molecule has 3 nitrogen and oxygen atoms in total. The molecule has 82 valence electrons. The number of aryl methyl sites for hydroxylation is 1. The first-order valence-electron chi connectivity index (χ1n) is 4.85. The van der Waals surface area contributed by atoms with Crippen LogP contribution in [0.1, 0.15) is 30.5 Å². The molecule has 0 aliphatic heterocycles. The second-order valence-electron chi connectivity index (χ2n) is 3.77. The lowest BCUT2D eigenvalue weighted by Gasteiger charge is -2.14. The molecule has 1 atom stereocenters. The third kappa shape index (κ3) is 2.32. The Morgan fingerprint density at radius 2 is 2.13 bits per heavy atom. The molecular formula is C10H12BrClN2O. The monoisotopic (exact) mass is 290 g/mol. The Kier molecular flexibility index (Phi) is 3.28. The van der Waals surface area contributed by atoms with Gasteiger partial charge in [0.25, 0.3) is 0 Å². The van der Waals surface area contributed by atoms with E-state index in [4.69, 9.17) is 16.3 Å². The third-order valence-corrected chi connectivity index (χ3v) is 4.00. The molecule has 1 aromatic rings. The zero-order valence-electron chi connectivity index (χ0n) is 8.63. The summed E-state index contributed by atoms with van der Waals surface area (Å²) in [5.74, 6) is 1.26. The Bertz CT molecular complexity index is 359. The lowest BCUT2D eigenvalue weighted by Crippen LogP contribution is -2.10. The number of methoxy groups -OCH3 is 1. The number of rotatable bonds is 3. The summed E-state index contributed by atoms with van der Waals surface area (Å²) < 4.78 is 6.17. The summed E-state index contributed by atoms with van der Waals surface area (Å²) in [7, 11) is 1.69. The summed E-state index contributed by atoms with van der Waals surface area (Å²) in [4.78, 5) is 8.65. The van der Waals surface area contributed by atoms with Crippen molar-refractivity contribution < 1.29 is 4.74 Å². The Morgan fingerprint density at radius 3 is 2.60 bits per heavy atom. The number of nitrogens with zero attached hydrogens (tertiary/aromatic N) is 2. The van der Waals surface area contributed by atoms with Gasteiger partial charge in [0.05, 0.1) is 10.2 Å². The van der Waals surface area contributed by atoms with Gasteiger partial charge in [0, 0.05) is 7.11 Å². The van der Waals surface area contributed by atoms with E-state index in [1.54, 1.807) is 7.11 Å². The summed E-state index contributed by atoms with van der Waals surface area (Å²) in [6.45, 7) is 1.90. The van der Waals surface area contributed by atoms with E-state index in [1.165, 1.54) is 12.8 Å². The summed E-state index contributed by atoms with van der Waals surface area (Å²) >= 11 is 9.33. The van der Waals surface area contributed by atoms with Crippen LogP contribution in [0, 0.1) is 12.8 Å². The van der Waals surface area contributed by atoms with Crippen LogP contribution in [0.3, 0.4) is 0 Å². The lowest BCUT2D eigenvalue weighted by atomic mass is 10.2. The minimum Gasteiger partial charge on any atom is -0.373 e. The van der Waals surface area contributed by atoms with Crippen LogP contribution in [0.25, 0.3) is 0 Å². The highest BCUT2D eigenvalue weighted by Gasteiger charge is 2.34. The molecule has 0 amide bonds. The lowest BCUT2D eigenvalue weighted by molar-refractivity contribution is 0.0770. The maximum absolute atomic E-state index is 5.99. The molecule has 0 bridgehead atoms. The highest BCUT2D eigenvalue weighted by atomic mass is 79.9. The first-order valence-corrected chi connectivity index (χ1v) is 6.03. The highest BCUT2D eigenvalue weighted by molar-refractivity contribution is 9.10. The van der Waals surface area contributed by atoms with Crippen LogP contribution in [0.15, 0.2) is 4.47 Å². The van der Waals surface area contributed by atoms with Gasteiger partial charge in [-0.1, -0.05) is 11.6 Å². The highest BCUT2D eigenvalue weighted by Crippen LogP contribution is 2.42. The van der Waals surface area contributed by atoms with Crippen LogP contribution in [0.4, 0.5) is 0 Å². The van der Waals surface area contributed by atoms with Crippen molar-refractivity contribution >= 4 is 27.5 Å². The Morgan fingerprint density at radius 1 is 1.47 bits per heavy atom. The van der Waals surface area contributed by atoms with Crippen molar-refractivity contribution in [1.29, 1.82) is 0 Å². The molecule has 2 rings (SSSR count). The van der Waals surface area contributed by atoms with Crippen molar-refractivity contribution in [2.75, 3.05) is 7.11 Å². The van der Waals surface area contributed by atoms with E-state index in [-0.39, 0.29) is 6.10 Å². The molecular weight excluding hydrogens is 279 g/mol. The maximum Gasteiger partial charge on any atom is 0.159 e. The molecule has 1 aliphatic carbocycles. The van der Waals surface area contributed by atoms with Gasteiger partial charge in [-0.15, -0.1) is 0 Å². The molecule has 0 saturated heterocycles. The molecule has 1 aliphatic rings. The molecule has 15 heavy (non-hydrogen) atoms. The van der Waals surface area contributed by atoms with Gasteiger partial charge in [-0.05, 0) is 41.6 Å². The van der Waals surface area contributed by atoms with Gasteiger partial charge in [-0.25, -0.2) is 9.97 Å². The predicted molar refractivity (Wildman–Crippen MR) is 62.0 cm³/mol. The van der Waals surface area contributed by atoms with Crippen molar-refractivity contribution in [3.63, 3.8) is 0 Å². The minimum atomic E-state index is -0.00528. The fraction of sp³-hybridized carbons (Fsp3) is 0.600. The molecule has 1 heterocycles. The Labute approximate surface area is 102 Å². The van der Waals surface area contributed by atoms with E-state index < -0.39 is 0 Å². The largest absolute Gasteiger partial charge is 0.373 e. The molecule has 1 fully saturated rings. The van der Waals surface area contributed by atoms with Crippen molar-refractivity contribution in [2.24, 2.45) is 5.92 Å². The second kappa shape index (κ2) is 4.36. The first kappa shape index (κ1) is 11.3. The Balaban J connectivity index is 2.34. The molecule has 1 saturated carbocycles. The summed E-state index contributed by atoms with van der Waals surface area (Å²) in [6.07, 6.45) is 2.37. The van der Waals surface area contributed by atoms with Gasteiger partial charge in [-0.2, -0.15) is 0 Å². The smallest absolute Gasteiger partial charge is 0.159 e.